The van der Waals surface area contributed by atoms with E-state index in [2.05, 4.69) is 29.9 Å². The highest BCUT2D eigenvalue weighted by Crippen LogP contribution is 2.46. The molecular weight excluding hydrogens is 703 g/mol. The zero-order valence-electron chi connectivity index (χ0n) is 26.4. The van der Waals surface area contributed by atoms with Crippen LogP contribution in [0.1, 0.15) is 35.7 Å². The van der Waals surface area contributed by atoms with E-state index in [4.69, 9.17) is 35.1 Å². The Bertz CT molecular complexity index is 2060. The number of imidazole rings is 1. The molecule has 20 nitrogen and oxygen atoms in total. The first kappa shape index (κ1) is 35.9. The first-order valence-electron chi connectivity index (χ1n) is 15.0. The van der Waals surface area contributed by atoms with Crippen molar-refractivity contribution in [3.05, 3.63) is 68.8 Å². The Morgan fingerprint density at radius 2 is 1.98 bits per heavy atom. The van der Waals surface area contributed by atoms with Crippen molar-refractivity contribution in [3.8, 4) is 5.75 Å². The van der Waals surface area contributed by atoms with Gasteiger partial charge in [0.2, 0.25) is 0 Å². The summed E-state index contributed by atoms with van der Waals surface area (Å²) in [5, 5.41) is 40.8. The molecule has 0 radical (unpaired) electrons. The van der Waals surface area contributed by atoms with Gasteiger partial charge in [-0.05, 0) is 6.92 Å². The van der Waals surface area contributed by atoms with E-state index in [-0.39, 0.29) is 35.7 Å². The number of pyridine rings is 1. The van der Waals surface area contributed by atoms with E-state index in [1.807, 2.05) is 0 Å². The van der Waals surface area contributed by atoms with Crippen molar-refractivity contribution in [2.24, 2.45) is 4.99 Å². The molecule has 2 unspecified atom stereocenters. The summed E-state index contributed by atoms with van der Waals surface area (Å²) in [7, 11) is 1.28. The summed E-state index contributed by atoms with van der Waals surface area (Å²) < 4.78 is 30.8. The second-order valence-electron chi connectivity index (χ2n) is 11.3. The quantitative estimate of drug-likeness (QED) is 0.0824. The molecule has 22 heteroatoms. The van der Waals surface area contributed by atoms with Gasteiger partial charge < -0.3 is 48.6 Å². The number of hydrogen-bond donors (Lipinski definition) is 5. The van der Waals surface area contributed by atoms with Crippen LogP contribution in [0.2, 0.25) is 0 Å². The minimum atomic E-state index is -4.35. The zero-order valence-corrected chi connectivity index (χ0v) is 28.1. The van der Waals surface area contributed by atoms with Crippen molar-refractivity contribution >= 4 is 41.7 Å². The number of aromatic hydroxyl groups is 1. The van der Waals surface area contributed by atoms with Crippen LogP contribution in [0.5, 0.6) is 5.75 Å². The zero-order chi connectivity index (χ0) is 35.7. The normalized spacial score (nSPS) is 26.6. The van der Waals surface area contributed by atoms with Gasteiger partial charge in [0.1, 0.15) is 49.4 Å². The number of aliphatic hydroxyl groups is 3. The van der Waals surface area contributed by atoms with Crippen molar-refractivity contribution in [2.45, 2.75) is 62.9 Å². The fourth-order valence-corrected chi connectivity index (χ4v) is 7.08. The average Bonchev–Trinajstić information content (AvgIpc) is 3.79. The molecule has 2 saturated heterocycles. The predicted octanol–water partition coefficient (Wildman–Crippen LogP) is -1.43. The van der Waals surface area contributed by atoms with E-state index in [0.29, 0.717) is 16.9 Å². The lowest BCUT2D eigenvalue weighted by atomic mass is 10.1. The number of aliphatic imine (C=N–C) groups is 1. The SMILES string of the molecule is COC1[C@@H](OP([O-])(=S)OC[C@H]2O[C@@H](n3cnc4c(/N=C\c5c(CO)cnc(C)c5O)ncnc43)C[C@H]2O)[C@@H](CO)O[C@H]1n1ccc(=O)[nH]c1=O. The molecule has 0 aliphatic carbocycles. The standard InChI is InChI=1S/C28H33N8O12PS/c1-13-22(41)15(14(8-37)6-29-13)7-30-25-21-26(32-11-31-25)36(12-33-21)20-5-16(39)18(46-20)10-45-49(43,50)48-23-17(9-38)47-27(24(23)44-2)35-4-3-19(40)34-28(35)42/h3-4,6-7,11-12,16-18,20,23-24,27,37-39,41H,5,8-10H2,1-2H3,(H,43,50)(H,34,40,42)/p-1/b30-7-/t16-,17-,18-,20-,23+,24?,27-,49?/m1/s1. The predicted molar refractivity (Wildman–Crippen MR) is 172 cm³/mol. The van der Waals surface area contributed by atoms with Crippen LogP contribution in [0.25, 0.3) is 11.2 Å². The third-order valence-corrected chi connectivity index (χ3v) is 9.75. The highest BCUT2D eigenvalue weighted by atomic mass is 32.5. The molecule has 2 aliphatic rings. The minimum absolute atomic E-state index is 0.0686. The number of rotatable bonds is 12. The molecule has 8 atom stereocenters. The highest BCUT2D eigenvalue weighted by Gasteiger charge is 2.48. The van der Waals surface area contributed by atoms with E-state index >= 15 is 0 Å². The number of aromatic nitrogens is 7. The molecule has 5 N–H and O–H groups in total. The Kier molecular flexibility index (Phi) is 10.6. The van der Waals surface area contributed by atoms with Crippen LogP contribution in [-0.4, -0.2) is 112 Å². The Balaban J connectivity index is 1.13. The smallest absolute Gasteiger partial charge is 0.330 e. The summed E-state index contributed by atoms with van der Waals surface area (Å²) in [4.78, 5) is 60.5. The van der Waals surface area contributed by atoms with Gasteiger partial charge in [-0.1, -0.05) is 11.8 Å². The molecule has 4 aromatic heterocycles. The van der Waals surface area contributed by atoms with Crippen LogP contribution < -0.4 is 16.1 Å². The third kappa shape index (κ3) is 7.16. The third-order valence-electron chi connectivity index (χ3n) is 8.21. The van der Waals surface area contributed by atoms with Gasteiger partial charge >= 0.3 is 5.69 Å². The molecular formula is C28H32N8O12PS-. The molecule has 0 saturated carbocycles. The molecule has 50 heavy (non-hydrogen) atoms. The lowest BCUT2D eigenvalue weighted by Crippen LogP contribution is -2.40. The fraction of sp³-hybridized carbons (Fsp3) is 0.464. The molecule has 0 aromatic carbocycles. The Hall–Kier alpha value is -3.86. The molecule has 268 valence electrons. The molecule has 0 amide bonds. The summed E-state index contributed by atoms with van der Waals surface area (Å²) in [5.74, 6) is 0.0233. The van der Waals surface area contributed by atoms with Gasteiger partial charge in [0.25, 0.3) is 5.56 Å². The number of H-pyrrole nitrogens is 1. The van der Waals surface area contributed by atoms with Crippen LogP contribution >= 0.6 is 6.72 Å². The highest BCUT2D eigenvalue weighted by molar-refractivity contribution is 8.06. The fourth-order valence-electron chi connectivity index (χ4n) is 5.66. The van der Waals surface area contributed by atoms with Gasteiger partial charge in [-0.2, -0.15) is 0 Å². The van der Waals surface area contributed by atoms with Gasteiger partial charge in [0.15, 0.2) is 23.2 Å². The van der Waals surface area contributed by atoms with Crippen LogP contribution in [-0.2, 0) is 41.7 Å². The lowest BCUT2D eigenvalue weighted by Gasteiger charge is -2.34. The number of hydrogen-bond acceptors (Lipinski definition) is 18. The number of aromatic amines is 1. The molecule has 6 heterocycles. The van der Waals surface area contributed by atoms with Crippen molar-refractivity contribution in [1.82, 2.24) is 34.1 Å². The van der Waals surface area contributed by atoms with Gasteiger partial charge in [-0.25, -0.2) is 24.7 Å². The molecule has 0 spiro atoms. The van der Waals surface area contributed by atoms with Gasteiger partial charge in [-0.3, -0.25) is 23.9 Å². The monoisotopic (exact) mass is 735 g/mol. The maximum absolute atomic E-state index is 13.3. The number of aryl methyl sites for hydroxylation is 1. The van der Waals surface area contributed by atoms with Crippen LogP contribution in [0, 0.1) is 6.92 Å². The number of nitrogens with zero attached hydrogens (tertiary/aromatic N) is 7. The van der Waals surface area contributed by atoms with Crippen molar-refractivity contribution in [2.75, 3.05) is 20.3 Å². The second-order valence-corrected chi connectivity index (χ2v) is 14.0. The summed E-state index contributed by atoms with van der Waals surface area (Å²) in [5.41, 5.74) is 0.149. The van der Waals surface area contributed by atoms with Crippen LogP contribution in [0.4, 0.5) is 5.82 Å². The maximum Gasteiger partial charge on any atom is 0.330 e. The number of fused-ring (bicyclic) bond motifs is 1. The van der Waals surface area contributed by atoms with Crippen molar-refractivity contribution in [3.63, 3.8) is 0 Å². The summed E-state index contributed by atoms with van der Waals surface area (Å²) in [6, 6.07) is 1.10. The number of methoxy groups -OCH3 is 1. The van der Waals surface area contributed by atoms with E-state index in [0.717, 1.165) is 10.6 Å². The van der Waals surface area contributed by atoms with Gasteiger partial charge in [0.05, 0.1) is 37.9 Å². The largest absolute Gasteiger partial charge is 0.780 e. The van der Waals surface area contributed by atoms with E-state index < -0.39 is 74.2 Å². The van der Waals surface area contributed by atoms with E-state index in [1.54, 1.807) is 11.5 Å². The summed E-state index contributed by atoms with van der Waals surface area (Å²) in [6.45, 7) is -4.18. The average molecular weight is 736 g/mol. The number of ether oxygens (including phenoxy) is 3. The van der Waals surface area contributed by atoms with Crippen molar-refractivity contribution < 1.29 is 48.6 Å². The Morgan fingerprint density at radius 1 is 1.18 bits per heavy atom. The topological polar surface area (TPSA) is 274 Å². The molecule has 2 aliphatic heterocycles. The molecule has 6 rings (SSSR count). The lowest BCUT2D eigenvalue weighted by molar-refractivity contribution is -0.218. The minimum Gasteiger partial charge on any atom is -0.780 e. The maximum atomic E-state index is 13.3. The van der Waals surface area contributed by atoms with Crippen LogP contribution in [0.3, 0.4) is 0 Å². The second kappa shape index (κ2) is 14.8. The number of aliphatic hydroxyl groups excluding tert-OH is 3. The van der Waals surface area contributed by atoms with Crippen molar-refractivity contribution in [1.29, 1.82) is 0 Å². The van der Waals surface area contributed by atoms with E-state index in [1.165, 1.54) is 38.4 Å². The van der Waals surface area contributed by atoms with Gasteiger partial charge in [0, 0.05) is 49.3 Å². The molecule has 4 aromatic rings. The van der Waals surface area contributed by atoms with E-state index in [9.17, 15) is 34.9 Å². The molecule has 0 bridgehead atoms. The number of nitrogens with one attached hydrogen (secondary N) is 1. The molecule has 2 fully saturated rings. The van der Waals surface area contributed by atoms with Crippen LogP contribution in [0.15, 0.2) is 45.7 Å². The first-order valence-corrected chi connectivity index (χ1v) is 17.6. The Morgan fingerprint density at radius 3 is 2.70 bits per heavy atom. The first-order chi connectivity index (χ1) is 23.9. The van der Waals surface area contributed by atoms with Gasteiger partial charge in [-0.15, -0.1) is 0 Å². The summed E-state index contributed by atoms with van der Waals surface area (Å²) in [6.07, 6.45) is -0.848. The Labute approximate surface area is 286 Å². The summed E-state index contributed by atoms with van der Waals surface area (Å²) >= 11 is 5.12.